The summed E-state index contributed by atoms with van der Waals surface area (Å²) in [6, 6.07) is 12.7. The number of nitrogens with zero attached hydrogens (tertiary/aromatic N) is 1. The maximum Gasteiger partial charge on any atom is 0.250 e. The molecule has 0 spiro atoms. The molecule has 2 rings (SSSR count). The van der Waals surface area contributed by atoms with Crippen LogP contribution >= 0.6 is 0 Å². The molecule has 22 heavy (non-hydrogen) atoms. The van der Waals surface area contributed by atoms with Crippen LogP contribution in [0.15, 0.2) is 54.9 Å². The summed E-state index contributed by atoms with van der Waals surface area (Å²) in [7, 11) is 0. The first-order valence-electron chi connectivity index (χ1n) is 6.76. The third-order valence-corrected chi connectivity index (χ3v) is 3.24. The first kappa shape index (κ1) is 15.4. The van der Waals surface area contributed by atoms with E-state index >= 15 is 0 Å². The molecule has 0 fully saturated rings. The van der Waals surface area contributed by atoms with Gasteiger partial charge in [0, 0.05) is 16.8 Å². The van der Waals surface area contributed by atoms with Crippen LogP contribution in [-0.4, -0.2) is 10.7 Å². The SMILES string of the molecule is Cc1ccc(N/C=C/[N+](=O)[O-])c(C(=O)c2ccccc2C)c1. The zero-order chi connectivity index (χ0) is 16.1. The Morgan fingerprint density at radius 3 is 2.55 bits per heavy atom. The molecule has 0 saturated heterocycles. The molecule has 0 amide bonds. The van der Waals surface area contributed by atoms with E-state index in [1.807, 2.05) is 38.1 Å². The summed E-state index contributed by atoms with van der Waals surface area (Å²) in [5.74, 6) is -0.112. The van der Waals surface area contributed by atoms with Gasteiger partial charge in [0.25, 0.3) is 0 Å². The van der Waals surface area contributed by atoms with Gasteiger partial charge in [-0.15, -0.1) is 0 Å². The van der Waals surface area contributed by atoms with E-state index in [-0.39, 0.29) is 5.78 Å². The maximum absolute atomic E-state index is 12.7. The van der Waals surface area contributed by atoms with Gasteiger partial charge in [0.2, 0.25) is 6.20 Å². The quantitative estimate of drug-likeness (QED) is 0.519. The largest absolute Gasteiger partial charge is 0.356 e. The van der Waals surface area contributed by atoms with Crippen LogP contribution in [0.2, 0.25) is 0 Å². The lowest BCUT2D eigenvalue weighted by molar-refractivity contribution is -0.402. The van der Waals surface area contributed by atoms with E-state index in [9.17, 15) is 14.9 Å². The van der Waals surface area contributed by atoms with Gasteiger partial charge < -0.3 is 5.32 Å². The lowest BCUT2D eigenvalue weighted by atomic mass is 9.96. The molecule has 5 nitrogen and oxygen atoms in total. The highest BCUT2D eigenvalue weighted by Crippen LogP contribution is 2.22. The molecule has 5 heteroatoms. The van der Waals surface area contributed by atoms with Gasteiger partial charge in [-0.05, 0) is 31.5 Å². The number of ketones is 1. The average Bonchev–Trinajstić information content (AvgIpc) is 2.48. The molecule has 0 unspecified atom stereocenters. The number of aryl methyl sites for hydroxylation is 2. The Morgan fingerprint density at radius 2 is 1.86 bits per heavy atom. The first-order chi connectivity index (χ1) is 10.5. The maximum atomic E-state index is 12.7. The van der Waals surface area contributed by atoms with Crippen LogP contribution < -0.4 is 5.32 Å². The standard InChI is InChI=1S/C17H16N2O3/c1-12-7-8-16(18-9-10-19(21)22)15(11-12)17(20)14-6-4-3-5-13(14)2/h3-11,18H,1-2H3/b10-9+. The van der Waals surface area contributed by atoms with Crippen molar-refractivity contribution >= 4 is 11.5 Å². The van der Waals surface area contributed by atoms with Crippen LogP contribution in [0.1, 0.15) is 27.0 Å². The molecule has 2 aromatic carbocycles. The summed E-state index contributed by atoms with van der Waals surface area (Å²) >= 11 is 0. The van der Waals surface area contributed by atoms with Gasteiger partial charge in [-0.3, -0.25) is 14.9 Å². The number of carbonyl (C=O) groups excluding carboxylic acids is 1. The summed E-state index contributed by atoms with van der Waals surface area (Å²) < 4.78 is 0. The van der Waals surface area contributed by atoms with Crippen molar-refractivity contribution in [3.63, 3.8) is 0 Å². The van der Waals surface area contributed by atoms with Crippen molar-refractivity contribution in [2.24, 2.45) is 0 Å². The Hall–Kier alpha value is -2.95. The molecule has 0 radical (unpaired) electrons. The number of nitrogens with one attached hydrogen (secondary N) is 1. The predicted octanol–water partition coefficient (Wildman–Crippen LogP) is 3.69. The lowest BCUT2D eigenvalue weighted by Crippen LogP contribution is -2.07. The van der Waals surface area contributed by atoms with Gasteiger partial charge in [0.1, 0.15) is 0 Å². The molecule has 0 aromatic heterocycles. The minimum Gasteiger partial charge on any atom is -0.356 e. The Kier molecular flexibility index (Phi) is 4.68. The Labute approximate surface area is 128 Å². The minimum atomic E-state index is -0.565. The minimum absolute atomic E-state index is 0.112. The van der Waals surface area contributed by atoms with E-state index in [0.29, 0.717) is 16.8 Å². The second kappa shape index (κ2) is 6.67. The Morgan fingerprint density at radius 1 is 1.14 bits per heavy atom. The van der Waals surface area contributed by atoms with E-state index in [1.165, 1.54) is 6.20 Å². The van der Waals surface area contributed by atoms with Crippen LogP contribution in [0.5, 0.6) is 0 Å². The molecule has 112 valence electrons. The molecule has 0 aliphatic rings. The number of nitro groups is 1. The third kappa shape index (κ3) is 3.58. The van der Waals surface area contributed by atoms with E-state index in [1.54, 1.807) is 18.2 Å². The van der Waals surface area contributed by atoms with Crippen molar-refractivity contribution < 1.29 is 9.72 Å². The lowest BCUT2D eigenvalue weighted by Gasteiger charge is -2.11. The van der Waals surface area contributed by atoms with Crippen LogP contribution in [0.3, 0.4) is 0 Å². The van der Waals surface area contributed by atoms with Gasteiger partial charge in [0.15, 0.2) is 5.78 Å². The number of carbonyl (C=O) groups is 1. The predicted molar refractivity (Wildman–Crippen MR) is 85.5 cm³/mol. The fourth-order valence-electron chi connectivity index (χ4n) is 2.13. The van der Waals surface area contributed by atoms with Gasteiger partial charge in [-0.2, -0.15) is 0 Å². The number of hydrogen-bond donors (Lipinski definition) is 1. The van der Waals surface area contributed by atoms with Gasteiger partial charge in [-0.1, -0.05) is 35.9 Å². The number of hydrogen-bond acceptors (Lipinski definition) is 4. The van der Waals surface area contributed by atoms with Crippen LogP contribution in [0, 0.1) is 24.0 Å². The van der Waals surface area contributed by atoms with E-state index < -0.39 is 4.92 Å². The average molecular weight is 296 g/mol. The van der Waals surface area contributed by atoms with Crippen molar-refractivity contribution in [1.29, 1.82) is 0 Å². The summed E-state index contributed by atoms with van der Waals surface area (Å²) in [4.78, 5) is 22.5. The summed E-state index contributed by atoms with van der Waals surface area (Å²) in [6.07, 6.45) is 2.00. The van der Waals surface area contributed by atoms with Gasteiger partial charge in [-0.25, -0.2) is 0 Å². The van der Waals surface area contributed by atoms with Crippen LogP contribution in [0.25, 0.3) is 0 Å². The van der Waals surface area contributed by atoms with E-state index in [4.69, 9.17) is 0 Å². The highest BCUT2D eigenvalue weighted by atomic mass is 16.6. The monoisotopic (exact) mass is 296 g/mol. The number of rotatable bonds is 5. The summed E-state index contributed by atoms with van der Waals surface area (Å²) in [5.41, 5.74) is 3.48. The second-order valence-corrected chi connectivity index (χ2v) is 4.94. The molecule has 0 aliphatic heterocycles. The van der Waals surface area contributed by atoms with Crippen molar-refractivity contribution in [3.8, 4) is 0 Å². The van der Waals surface area contributed by atoms with Crippen LogP contribution in [-0.2, 0) is 0 Å². The highest BCUT2D eigenvalue weighted by molar-refractivity contribution is 6.13. The van der Waals surface area contributed by atoms with Crippen molar-refractivity contribution in [2.75, 3.05) is 5.32 Å². The summed E-state index contributed by atoms with van der Waals surface area (Å²) in [5, 5.41) is 13.1. The smallest absolute Gasteiger partial charge is 0.250 e. The molecule has 0 atom stereocenters. The van der Waals surface area contributed by atoms with E-state index in [0.717, 1.165) is 17.3 Å². The van der Waals surface area contributed by atoms with E-state index in [2.05, 4.69) is 5.32 Å². The molecule has 0 saturated carbocycles. The highest BCUT2D eigenvalue weighted by Gasteiger charge is 2.15. The molecular weight excluding hydrogens is 280 g/mol. The third-order valence-electron chi connectivity index (χ3n) is 3.24. The fraction of sp³-hybridized carbons (Fsp3) is 0.118. The molecule has 0 heterocycles. The van der Waals surface area contributed by atoms with Gasteiger partial charge >= 0.3 is 0 Å². The molecular formula is C17H16N2O3. The molecule has 0 aliphatic carbocycles. The zero-order valence-electron chi connectivity index (χ0n) is 12.4. The van der Waals surface area contributed by atoms with Gasteiger partial charge in [0.05, 0.1) is 11.1 Å². The number of anilines is 1. The van der Waals surface area contributed by atoms with Crippen LogP contribution in [0.4, 0.5) is 5.69 Å². The molecule has 1 N–H and O–H groups in total. The number of benzene rings is 2. The molecule has 0 bridgehead atoms. The second-order valence-electron chi connectivity index (χ2n) is 4.94. The zero-order valence-corrected chi connectivity index (χ0v) is 12.4. The van der Waals surface area contributed by atoms with Crippen molar-refractivity contribution in [1.82, 2.24) is 0 Å². The fourth-order valence-corrected chi connectivity index (χ4v) is 2.13. The van der Waals surface area contributed by atoms with Crippen molar-refractivity contribution in [2.45, 2.75) is 13.8 Å². The van der Waals surface area contributed by atoms with Crippen molar-refractivity contribution in [3.05, 3.63) is 87.2 Å². The Balaban J connectivity index is 2.41. The normalized spacial score (nSPS) is 10.6. The molecule has 2 aromatic rings. The summed E-state index contributed by atoms with van der Waals surface area (Å²) in [6.45, 7) is 3.77. The Bertz CT molecular complexity index is 751. The topological polar surface area (TPSA) is 72.2 Å². The first-order valence-corrected chi connectivity index (χ1v) is 6.76.